The second-order valence-corrected chi connectivity index (χ2v) is 5.09. The van der Waals surface area contributed by atoms with Gasteiger partial charge in [0.05, 0.1) is 6.04 Å². The summed E-state index contributed by atoms with van der Waals surface area (Å²) in [5.41, 5.74) is 0.728. The van der Waals surface area contributed by atoms with Crippen LogP contribution in [0.25, 0.3) is 0 Å². The van der Waals surface area contributed by atoms with E-state index in [1.54, 1.807) is 18.2 Å². The first-order valence-electron chi connectivity index (χ1n) is 6.15. The number of amides is 1. The maximum absolute atomic E-state index is 11.5. The summed E-state index contributed by atoms with van der Waals surface area (Å²) >= 11 is 5.94. The van der Waals surface area contributed by atoms with Crippen LogP contribution < -0.4 is 5.32 Å². The third-order valence-electron chi connectivity index (χ3n) is 2.51. The van der Waals surface area contributed by atoms with Crippen molar-refractivity contribution in [3.63, 3.8) is 0 Å². The molecule has 1 amide bonds. The van der Waals surface area contributed by atoms with Crippen LogP contribution in [0.3, 0.4) is 0 Å². The van der Waals surface area contributed by atoms with Crippen molar-refractivity contribution in [2.24, 2.45) is 5.92 Å². The van der Waals surface area contributed by atoms with Gasteiger partial charge < -0.3 is 14.8 Å². The molecule has 0 radical (unpaired) electrons. The summed E-state index contributed by atoms with van der Waals surface area (Å²) in [6.45, 7) is 4.04. The summed E-state index contributed by atoms with van der Waals surface area (Å²) in [7, 11) is 0. The summed E-state index contributed by atoms with van der Waals surface area (Å²) in [6, 6.07) is 6.61. The molecule has 4 nitrogen and oxygen atoms in total. The second-order valence-electron chi connectivity index (χ2n) is 4.68. The number of carbonyl (C=O) groups is 2. The molecular formula is C14H18ClNO3. The molecule has 0 aromatic heterocycles. The molecule has 0 bridgehead atoms. The van der Waals surface area contributed by atoms with Crippen molar-refractivity contribution in [3.05, 3.63) is 34.9 Å². The molecule has 1 atom stereocenters. The number of aldehydes is 1. The molecule has 0 saturated heterocycles. The number of ether oxygens (including phenoxy) is 1. The van der Waals surface area contributed by atoms with E-state index in [1.807, 2.05) is 19.9 Å². The molecule has 1 N–H and O–H groups in total. The highest BCUT2D eigenvalue weighted by Crippen LogP contribution is 2.15. The van der Waals surface area contributed by atoms with E-state index in [-0.39, 0.29) is 6.61 Å². The highest BCUT2D eigenvalue weighted by molar-refractivity contribution is 6.31. The van der Waals surface area contributed by atoms with Gasteiger partial charge in [-0.15, -0.1) is 0 Å². The van der Waals surface area contributed by atoms with Gasteiger partial charge >= 0.3 is 6.09 Å². The molecule has 0 aliphatic heterocycles. The minimum absolute atomic E-state index is 0.0821. The Balaban J connectivity index is 2.43. The van der Waals surface area contributed by atoms with Crippen LogP contribution in [0.4, 0.5) is 4.79 Å². The van der Waals surface area contributed by atoms with E-state index >= 15 is 0 Å². The second kappa shape index (κ2) is 7.79. The van der Waals surface area contributed by atoms with Crippen molar-refractivity contribution in [1.82, 2.24) is 5.32 Å². The highest BCUT2D eigenvalue weighted by atomic mass is 35.5. The fourth-order valence-corrected chi connectivity index (χ4v) is 1.80. The fourth-order valence-electron chi connectivity index (χ4n) is 1.61. The number of nitrogens with one attached hydrogen (secondary N) is 1. The van der Waals surface area contributed by atoms with Crippen molar-refractivity contribution in [2.45, 2.75) is 32.9 Å². The fraction of sp³-hybridized carbons (Fsp3) is 0.429. The van der Waals surface area contributed by atoms with Gasteiger partial charge in [0.2, 0.25) is 0 Å². The van der Waals surface area contributed by atoms with Gasteiger partial charge in [-0.3, -0.25) is 0 Å². The summed E-state index contributed by atoms with van der Waals surface area (Å²) < 4.78 is 5.03. The van der Waals surface area contributed by atoms with Crippen LogP contribution in [-0.2, 0) is 16.1 Å². The smallest absolute Gasteiger partial charge is 0.408 e. The van der Waals surface area contributed by atoms with Gasteiger partial charge in [0, 0.05) is 10.6 Å². The molecule has 1 aromatic rings. The van der Waals surface area contributed by atoms with Crippen LogP contribution in [0.2, 0.25) is 5.02 Å². The molecule has 0 aliphatic rings. The van der Waals surface area contributed by atoms with Crippen molar-refractivity contribution < 1.29 is 14.3 Å². The van der Waals surface area contributed by atoms with Gasteiger partial charge in [0.1, 0.15) is 12.9 Å². The standard InChI is InChI=1S/C14H18ClNO3/c1-10(2)7-12(8-17)16-14(18)19-9-11-5-3-4-6-13(11)15/h3-6,8,10,12H,7,9H2,1-2H3,(H,16,18)/t12-/m0/s1. The molecule has 1 aromatic carbocycles. The molecule has 19 heavy (non-hydrogen) atoms. The van der Waals surface area contributed by atoms with E-state index in [0.29, 0.717) is 17.4 Å². The van der Waals surface area contributed by atoms with Crippen molar-refractivity contribution in [3.8, 4) is 0 Å². The van der Waals surface area contributed by atoms with E-state index in [2.05, 4.69) is 5.32 Å². The van der Waals surface area contributed by atoms with Gasteiger partial charge in [-0.25, -0.2) is 4.79 Å². The maximum Gasteiger partial charge on any atom is 0.408 e. The Morgan fingerprint density at radius 2 is 2.11 bits per heavy atom. The van der Waals surface area contributed by atoms with Crippen LogP contribution in [0.15, 0.2) is 24.3 Å². The van der Waals surface area contributed by atoms with Gasteiger partial charge in [0.15, 0.2) is 0 Å². The molecule has 5 heteroatoms. The van der Waals surface area contributed by atoms with Gasteiger partial charge in [-0.2, -0.15) is 0 Å². The zero-order chi connectivity index (χ0) is 14.3. The predicted molar refractivity (Wildman–Crippen MR) is 74.1 cm³/mol. The summed E-state index contributed by atoms with van der Waals surface area (Å²) in [5.74, 6) is 0.319. The van der Waals surface area contributed by atoms with E-state index in [4.69, 9.17) is 16.3 Å². The van der Waals surface area contributed by atoms with Crippen LogP contribution in [0.1, 0.15) is 25.8 Å². The molecule has 0 unspecified atom stereocenters. The average molecular weight is 284 g/mol. The minimum Gasteiger partial charge on any atom is -0.445 e. The molecule has 0 aliphatic carbocycles. The van der Waals surface area contributed by atoms with Gasteiger partial charge in [0.25, 0.3) is 0 Å². The number of alkyl carbamates (subject to hydrolysis) is 1. The summed E-state index contributed by atoms with van der Waals surface area (Å²) in [4.78, 5) is 22.4. The van der Waals surface area contributed by atoms with E-state index in [0.717, 1.165) is 11.8 Å². The topological polar surface area (TPSA) is 55.4 Å². The third kappa shape index (κ3) is 5.75. The van der Waals surface area contributed by atoms with Crippen molar-refractivity contribution in [2.75, 3.05) is 0 Å². The molecule has 0 saturated carbocycles. The zero-order valence-corrected chi connectivity index (χ0v) is 11.8. The first-order valence-corrected chi connectivity index (χ1v) is 6.52. The third-order valence-corrected chi connectivity index (χ3v) is 2.88. The monoisotopic (exact) mass is 283 g/mol. The van der Waals surface area contributed by atoms with Crippen molar-refractivity contribution >= 4 is 24.0 Å². The van der Waals surface area contributed by atoms with Crippen LogP contribution in [-0.4, -0.2) is 18.4 Å². The van der Waals surface area contributed by atoms with Crippen LogP contribution >= 0.6 is 11.6 Å². The first kappa shape index (κ1) is 15.5. The van der Waals surface area contributed by atoms with E-state index in [9.17, 15) is 9.59 Å². The Morgan fingerprint density at radius 3 is 2.68 bits per heavy atom. The summed E-state index contributed by atoms with van der Waals surface area (Å²) in [6.07, 6.45) is 0.694. The number of hydrogen-bond acceptors (Lipinski definition) is 3. The largest absolute Gasteiger partial charge is 0.445 e. The van der Waals surface area contributed by atoms with Gasteiger partial charge in [-0.1, -0.05) is 43.6 Å². The Kier molecular flexibility index (Phi) is 6.36. The SMILES string of the molecule is CC(C)C[C@@H](C=O)NC(=O)OCc1ccccc1Cl. The molecule has 0 spiro atoms. The Labute approximate surface area is 118 Å². The van der Waals surface area contributed by atoms with E-state index in [1.165, 1.54) is 0 Å². The van der Waals surface area contributed by atoms with E-state index < -0.39 is 12.1 Å². The van der Waals surface area contributed by atoms with Crippen LogP contribution in [0.5, 0.6) is 0 Å². The maximum atomic E-state index is 11.5. The molecule has 0 fully saturated rings. The quantitative estimate of drug-likeness (QED) is 0.816. The number of carbonyl (C=O) groups excluding carboxylic acids is 2. The molecule has 104 valence electrons. The van der Waals surface area contributed by atoms with Gasteiger partial charge in [-0.05, 0) is 18.4 Å². The Morgan fingerprint density at radius 1 is 1.42 bits per heavy atom. The lowest BCUT2D eigenvalue weighted by Gasteiger charge is -2.15. The molecular weight excluding hydrogens is 266 g/mol. The number of hydrogen-bond donors (Lipinski definition) is 1. The number of benzene rings is 1. The Bertz CT molecular complexity index is 434. The summed E-state index contributed by atoms with van der Waals surface area (Å²) in [5, 5.41) is 3.06. The lowest BCUT2D eigenvalue weighted by Crippen LogP contribution is -2.37. The average Bonchev–Trinajstić information content (AvgIpc) is 2.36. The highest BCUT2D eigenvalue weighted by Gasteiger charge is 2.14. The lowest BCUT2D eigenvalue weighted by molar-refractivity contribution is -0.109. The number of rotatable bonds is 6. The normalized spacial score (nSPS) is 12.0. The predicted octanol–water partition coefficient (Wildman–Crippen LogP) is 3.18. The first-order chi connectivity index (χ1) is 9.02. The zero-order valence-electron chi connectivity index (χ0n) is 11.1. The lowest BCUT2D eigenvalue weighted by atomic mass is 10.1. The molecule has 0 heterocycles. The number of halogens is 1. The molecule has 1 rings (SSSR count). The Hall–Kier alpha value is -1.55. The van der Waals surface area contributed by atoms with Crippen LogP contribution in [0, 0.1) is 5.92 Å². The van der Waals surface area contributed by atoms with Crippen molar-refractivity contribution in [1.29, 1.82) is 0 Å². The minimum atomic E-state index is -0.613.